The third kappa shape index (κ3) is 2.03. The highest BCUT2D eigenvalue weighted by Gasteiger charge is 2.57. The Kier molecular flexibility index (Phi) is 3.48. The van der Waals surface area contributed by atoms with Crippen molar-refractivity contribution in [3.8, 4) is 0 Å². The number of aliphatic hydroxyl groups is 1. The maximum Gasteiger partial charge on any atom is 0.353 e. The van der Waals surface area contributed by atoms with Crippen LogP contribution < -0.4 is 0 Å². The molecule has 3 amide bonds. The van der Waals surface area contributed by atoms with E-state index in [-0.39, 0.29) is 36.9 Å². The second kappa shape index (κ2) is 5.10. The molecule has 0 bridgehead atoms. The number of nitrogens with zero attached hydrogens (tertiary/aromatic N) is 2. The lowest BCUT2D eigenvalue weighted by Crippen LogP contribution is -2.60. The zero-order chi connectivity index (χ0) is 16.2. The van der Waals surface area contributed by atoms with Crippen molar-refractivity contribution in [3.05, 3.63) is 10.6 Å². The van der Waals surface area contributed by atoms with E-state index in [4.69, 9.17) is 0 Å². The van der Waals surface area contributed by atoms with Gasteiger partial charge in [-0.3, -0.25) is 24.2 Å². The van der Waals surface area contributed by atoms with E-state index in [0.717, 1.165) is 21.6 Å². The molecule has 2 fully saturated rings. The van der Waals surface area contributed by atoms with E-state index in [9.17, 15) is 29.4 Å². The molecule has 8 nitrogen and oxygen atoms in total. The van der Waals surface area contributed by atoms with Crippen LogP contribution in [-0.4, -0.2) is 61.7 Å². The van der Waals surface area contributed by atoms with Gasteiger partial charge in [0.1, 0.15) is 11.1 Å². The summed E-state index contributed by atoms with van der Waals surface area (Å²) >= 11 is 1.13. The lowest BCUT2D eigenvalue weighted by Gasteiger charge is -2.43. The smallest absolute Gasteiger partial charge is 0.353 e. The van der Waals surface area contributed by atoms with Gasteiger partial charge in [-0.2, -0.15) is 0 Å². The number of hydrogen-bond acceptors (Lipinski definition) is 6. The lowest BCUT2D eigenvalue weighted by atomic mass is 9.92. The number of rotatable bonds is 4. The molecule has 0 unspecified atom stereocenters. The van der Waals surface area contributed by atoms with Gasteiger partial charge in [-0.25, -0.2) is 4.79 Å². The number of amides is 3. The Labute approximate surface area is 129 Å². The van der Waals surface area contributed by atoms with Gasteiger partial charge in [-0.05, 0) is 6.92 Å². The van der Waals surface area contributed by atoms with Gasteiger partial charge in [0.05, 0.1) is 18.6 Å². The molecule has 0 radical (unpaired) electrons. The molecule has 3 atom stereocenters. The van der Waals surface area contributed by atoms with E-state index in [0.29, 0.717) is 4.91 Å². The molecule has 22 heavy (non-hydrogen) atoms. The first-order valence-corrected chi connectivity index (χ1v) is 7.68. The average Bonchev–Trinajstić information content (AvgIpc) is 2.91. The van der Waals surface area contributed by atoms with Crippen LogP contribution in [-0.2, 0) is 19.2 Å². The zero-order valence-corrected chi connectivity index (χ0v) is 12.5. The van der Waals surface area contributed by atoms with Gasteiger partial charge in [-0.1, -0.05) is 11.8 Å². The predicted molar refractivity (Wildman–Crippen MR) is 74.0 cm³/mol. The highest BCUT2D eigenvalue weighted by atomic mass is 32.2. The summed E-state index contributed by atoms with van der Waals surface area (Å²) in [7, 11) is 0. The second-order valence-corrected chi connectivity index (χ2v) is 6.65. The van der Waals surface area contributed by atoms with E-state index in [2.05, 4.69) is 0 Å². The van der Waals surface area contributed by atoms with Gasteiger partial charge >= 0.3 is 5.97 Å². The Morgan fingerprint density at radius 1 is 1.32 bits per heavy atom. The summed E-state index contributed by atoms with van der Waals surface area (Å²) < 4.78 is 0. The van der Waals surface area contributed by atoms with Crippen LogP contribution in [0.2, 0.25) is 0 Å². The number of carbonyl (C=O) groups is 4. The Bertz CT molecular complexity index is 612. The van der Waals surface area contributed by atoms with Crippen LogP contribution >= 0.6 is 11.8 Å². The number of aliphatic hydroxyl groups excluding tert-OH is 1. The number of β-lactam (4-membered cyclic amide) rings is 1. The van der Waals surface area contributed by atoms with Gasteiger partial charge in [0.2, 0.25) is 17.7 Å². The van der Waals surface area contributed by atoms with Crippen LogP contribution in [0.1, 0.15) is 19.8 Å². The van der Waals surface area contributed by atoms with Gasteiger partial charge < -0.3 is 10.2 Å². The Morgan fingerprint density at radius 2 is 1.91 bits per heavy atom. The van der Waals surface area contributed by atoms with Crippen LogP contribution in [0.25, 0.3) is 0 Å². The number of thioether (sulfide) groups is 1. The highest BCUT2D eigenvalue weighted by molar-refractivity contribution is 8.04. The van der Waals surface area contributed by atoms with Crippen molar-refractivity contribution in [1.29, 1.82) is 0 Å². The second-order valence-electron chi connectivity index (χ2n) is 5.43. The first kappa shape index (κ1) is 15.0. The van der Waals surface area contributed by atoms with Crippen molar-refractivity contribution in [2.45, 2.75) is 31.2 Å². The molecular weight excluding hydrogens is 312 g/mol. The zero-order valence-electron chi connectivity index (χ0n) is 11.7. The van der Waals surface area contributed by atoms with E-state index in [1.165, 1.54) is 6.92 Å². The van der Waals surface area contributed by atoms with Gasteiger partial charge in [0, 0.05) is 17.7 Å². The molecule has 0 aromatic carbocycles. The number of likely N-dealkylation sites (tertiary alicyclic amines) is 1. The Morgan fingerprint density at radius 3 is 2.41 bits per heavy atom. The van der Waals surface area contributed by atoms with Crippen molar-refractivity contribution in [1.82, 2.24) is 9.80 Å². The summed E-state index contributed by atoms with van der Waals surface area (Å²) in [6.45, 7) is 1.35. The summed E-state index contributed by atoms with van der Waals surface area (Å²) in [5, 5.41) is 18.5. The van der Waals surface area contributed by atoms with Crippen LogP contribution in [0.4, 0.5) is 0 Å². The number of carboxylic acid groups (broad SMARTS) is 1. The topological polar surface area (TPSA) is 115 Å². The van der Waals surface area contributed by atoms with Crippen molar-refractivity contribution in [2.24, 2.45) is 5.92 Å². The molecule has 2 N–H and O–H groups in total. The van der Waals surface area contributed by atoms with Crippen molar-refractivity contribution in [2.75, 3.05) is 6.54 Å². The first-order chi connectivity index (χ1) is 10.3. The van der Waals surface area contributed by atoms with E-state index in [1.807, 2.05) is 0 Å². The molecule has 3 aliphatic rings. The van der Waals surface area contributed by atoms with Gasteiger partial charge in [-0.15, -0.1) is 0 Å². The number of aliphatic carboxylic acids is 1. The summed E-state index contributed by atoms with van der Waals surface area (Å²) in [6, 6.07) is 0. The minimum absolute atomic E-state index is 0.127. The SMILES string of the molecule is C[C@@H](O)[C@H]1C(=O)N2C(C(=O)O)=C(CN3C(=O)CCC3=O)S[C@H]12. The van der Waals surface area contributed by atoms with Crippen molar-refractivity contribution >= 4 is 35.5 Å². The molecule has 3 rings (SSSR count). The maximum atomic E-state index is 12.0. The standard InChI is InChI=1S/C13H14N2O6S/c1-5(16)9-11(19)15-10(13(20)21)6(22-12(9)15)4-14-7(17)2-3-8(14)18/h5,9,12,16H,2-4H2,1H3,(H,20,21)/t5-,9+,12-/m1/s1. The van der Waals surface area contributed by atoms with Crippen molar-refractivity contribution < 1.29 is 29.4 Å². The molecule has 3 aliphatic heterocycles. The summed E-state index contributed by atoms with van der Waals surface area (Å²) in [5.74, 6) is -3.06. The average molecular weight is 326 g/mol. The largest absolute Gasteiger partial charge is 0.477 e. The minimum atomic E-state index is -1.28. The number of carbonyl (C=O) groups excluding carboxylic acids is 3. The third-order valence-corrected chi connectivity index (χ3v) is 5.38. The highest BCUT2D eigenvalue weighted by Crippen LogP contribution is 2.50. The fourth-order valence-electron chi connectivity index (χ4n) is 2.91. The van der Waals surface area contributed by atoms with Crippen LogP contribution in [0.5, 0.6) is 0 Å². The molecule has 0 aromatic rings. The molecule has 0 aromatic heterocycles. The van der Waals surface area contributed by atoms with Crippen LogP contribution in [0.15, 0.2) is 10.6 Å². The van der Waals surface area contributed by atoms with Crippen molar-refractivity contribution in [3.63, 3.8) is 0 Å². The van der Waals surface area contributed by atoms with E-state index >= 15 is 0 Å². The molecule has 3 heterocycles. The number of imide groups is 1. The van der Waals surface area contributed by atoms with Gasteiger partial charge in [0.25, 0.3) is 0 Å². The van der Waals surface area contributed by atoms with Crippen LogP contribution in [0, 0.1) is 5.92 Å². The first-order valence-electron chi connectivity index (χ1n) is 6.80. The van der Waals surface area contributed by atoms with Crippen LogP contribution in [0.3, 0.4) is 0 Å². The molecule has 2 saturated heterocycles. The fraction of sp³-hybridized carbons (Fsp3) is 0.538. The summed E-state index contributed by atoms with van der Waals surface area (Å²) in [4.78, 5) is 49.3. The summed E-state index contributed by atoms with van der Waals surface area (Å²) in [5.41, 5.74) is -0.190. The Balaban J connectivity index is 1.87. The monoisotopic (exact) mass is 326 g/mol. The predicted octanol–water partition coefficient (Wildman–Crippen LogP) is -0.656. The maximum absolute atomic E-state index is 12.0. The molecule has 118 valence electrons. The third-order valence-electron chi connectivity index (χ3n) is 4.03. The number of hydrogen-bond donors (Lipinski definition) is 2. The molecule has 0 spiro atoms. The molecular formula is C13H14N2O6S. The van der Waals surface area contributed by atoms with E-state index in [1.54, 1.807) is 0 Å². The van der Waals surface area contributed by atoms with E-state index < -0.39 is 29.3 Å². The summed E-state index contributed by atoms with van der Waals surface area (Å²) in [6.07, 6.45) is -0.631. The van der Waals surface area contributed by atoms with Gasteiger partial charge in [0.15, 0.2) is 0 Å². The lowest BCUT2D eigenvalue weighted by molar-refractivity contribution is -0.156. The number of carboxylic acids is 1. The normalized spacial score (nSPS) is 29.1. The molecule has 0 aliphatic carbocycles. The molecule has 0 saturated carbocycles. The fourth-order valence-corrected chi connectivity index (χ4v) is 4.51. The minimum Gasteiger partial charge on any atom is -0.477 e. The number of fused-ring (bicyclic) bond motifs is 1. The quantitative estimate of drug-likeness (QED) is 0.521. The molecule has 9 heteroatoms. The Hall–Kier alpha value is -1.87.